The number of Topliss-reactive ketones (excluding diaryl/α,β-unsaturated/α-hetero) is 1. The van der Waals surface area contributed by atoms with E-state index < -0.39 is 18.0 Å². The van der Waals surface area contributed by atoms with E-state index in [0.29, 0.717) is 36.0 Å². The Morgan fingerprint density at radius 3 is 2.61 bits per heavy atom. The highest BCUT2D eigenvalue weighted by atomic mass is 16.6. The number of ether oxygens (including phenoxy) is 3. The molecule has 0 fully saturated rings. The van der Waals surface area contributed by atoms with Gasteiger partial charge in [0.2, 0.25) is 5.88 Å². The monoisotopic (exact) mass is 388 g/mol. The summed E-state index contributed by atoms with van der Waals surface area (Å²) in [5, 5.41) is 6.09. The molecule has 28 heavy (non-hydrogen) atoms. The summed E-state index contributed by atoms with van der Waals surface area (Å²) >= 11 is 0. The summed E-state index contributed by atoms with van der Waals surface area (Å²) in [6, 6.07) is 6.42. The molecule has 1 aliphatic heterocycles. The number of esters is 1. The highest BCUT2D eigenvalue weighted by Gasteiger charge is 2.21. The number of hydrogen-bond donors (Lipinski definition) is 1. The van der Waals surface area contributed by atoms with E-state index in [1.54, 1.807) is 31.2 Å². The molecule has 2 heterocycles. The van der Waals surface area contributed by atoms with Crippen LogP contribution in [0.5, 0.6) is 11.5 Å². The molecular formula is C19H20N2O7. The Balaban J connectivity index is 1.46. The van der Waals surface area contributed by atoms with Crippen molar-refractivity contribution in [3.63, 3.8) is 0 Å². The quantitative estimate of drug-likeness (QED) is 0.567. The molecule has 9 heteroatoms. The zero-order valence-corrected chi connectivity index (χ0v) is 15.5. The predicted molar refractivity (Wildman–Crippen MR) is 96.4 cm³/mol. The van der Waals surface area contributed by atoms with E-state index in [1.807, 2.05) is 0 Å². The van der Waals surface area contributed by atoms with Gasteiger partial charge in [0.1, 0.15) is 13.2 Å². The van der Waals surface area contributed by atoms with Crippen molar-refractivity contribution < 1.29 is 33.1 Å². The van der Waals surface area contributed by atoms with Crippen LogP contribution in [0.25, 0.3) is 0 Å². The van der Waals surface area contributed by atoms with Crippen molar-refractivity contribution in [1.29, 1.82) is 0 Å². The van der Waals surface area contributed by atoms with Crippen LogP contribution in [0, 0.1) is 6.92 Å². The first-order valence-electron chi connectivity index (χ1n) is 8.79. The molecule has 0 saturated heterocycles. The maximum absolute atomic E-state index is 12.3. The zero-order valence-electron chi connectivity index (χ0n) is 15.5. The van der Waals surface area contributed by atoms with Gasteiger partial charge in [-0.05, 0) is 32.0 Å². The molecule has 1 aliphatic rings. The summed E-state index contributed by atoms with van der Waals surface area (Å²) in [6.07, 6.45) is -1.23. The topological polar surface area (TPSA) is 117 Å². The number of hydrogen-bond acceptors (Lipinski definition) is 8. The number of aryl methyl sites for hydroxylation is 1. The first kappa shape index (κ1) is 19.4. The number of aromatic nitrogens is 1. The van der Waals surface area contributed by atoms with Crippen molar-refractivity contribution in [3.8, 4) is 11.5 Å². The number of anilines is 1. The molecule has 1 unspecified atom stereocenters. The van der Waals surface area contributed by atoms with Crippen LogP contribution in [0.4, 0.5) is 5.88 Å². The minimum Gasteiger partial charge on any atom is -0.486 e. The number of nitrogens with one attached hydrogen (secondary N) is 1. The number of carbonyl (C=O) groups is 3. The van der Waals surface area contributed by atoms with Crippen LogP contribution < -0.4 is 14.8 Å². The average Bonchev–Trinajstić information content (AvgIpc) is 3.10. The number of amides is 1. The molecule has 2 aromatic rings. The molecule has 148 valence electrons. The highest BCUT2D eigenvalue weighted by molar-refractivity contribution is 5.98. The van der Waals surface area contributed by atoms with Crippen molar-refractivity contribution >= 4 is 23.5 Å². The number of nitrogens with zero attached hydrogens (tertiary/aromatic N) is 1. The van der Waals surface area contributed by atoms with Crippen LogP contribution in [0.3, 0.4) is 0 Å². The second-order valence-corrected chi connectivity index (χ2v) is 6.24. The summed E-state index contributed by atoms with van der Waals surface area (Å²) in [4.78, 5) is 36.2. The van der Waals surface area contributed by atoms with Crippen molar-refractivity contribution in [2.75, 3.05) is 18.5 Å². The van der Waals surface area contributed by atoms with Crippen molar-refractivity contribution in [3.05, 3.63) is 35.5 Å². The van der Waals surface area contributed by atoms with Gasteiger partial charge in [0.25, 0.3) is 5.91 Å². The molecule has 1 aromatic heterocycles. The summed E-state index contributed by atoms with van der Waals surface area (Å²) in [7, 11) is 0. The third kappa shape index (κ3) is 4.87. The molecule has 9 nitrogen and oxygen atoms in total. The highest BCUT2D eigenvalue weighted by Crippen LogP contribution is 2.31. The second-order valence-electron chi connectivity index (χ2n) is 6.24. The molecule has 0 spiro atoms. The van der Waals surface area contributed by atoms with Gasteiger partial charge in [0.15, 0.2) is 23.4 Å². The number of carbonyl (C=O) groups excluding carboxylic acids is 3. The number of fused-ring (bicyclic) bond motifs is 1. The molecule has 1 atom stereocenters. The van der Waals surface area contributed by atoms with Crippen LogP contribution in [-0.4, -0.2) is 42.1 Å². The standard InChI is InChI=1S/C19H20N2O7/c1-11-9-17(28-21-11)20-19(24)12(2)27-18(23)6-4-14(22)13-3-5-15-16(10-13)26-8-7-25-15/h3,5,9-10,12H,4,6-8H2,1-2H3,(H,20,24). The maximum Gasteiger partial charge on any atom is 0.307 e. The first-order chi connectivity index (χ1) is 13.4. The zero-order chi connectivity index (χ0) is 20.1. The SMILES string of the molecule is Cc1cc(NC(=O)C(C)OC(=O)CCC(=O)c2ccc3c(c2)OCCO3)on1. The van der Waals surface area contributed by atoms with Crippen LogP contribution in [0.2, 0.25) is 0 Å². The van der Waals surface area contributed by atoms with Gasteiger partial charge in [-0.25, -0.2) is 0 Å². The van der Waals surface area contributed by atoms with E-state index >= 15 is 0 Å². The Hall–Kier alpha value is -3.36. The summed E-state index contributed by atoms with van der Waals surface area (Å²) < 4.78 is 20.8. The fraction of sp³-hybridized carbons (Fsp3) is 0.368. The molecule has 0 radical (unpaired) electrons. The maximum atomic E-state index is 12.3. The van der Waals surface area contributed by atoms with Crippen LogP contribution >= 0.6 is 0 Å². The smallest absolute Gasteiger partial charge is 0.307 e. The molecule has 0 bridgehead atoms. The van der Waals surface area contributed by atoms with E-state index in [4.69, 9.17) is 18.7 Å². The van der Waals surface area contributed by atoms with Gasteiger partial charge in [-0.1, -0.05) is 5.16 Å². The van der Waals surface area contributed by atoms with Crippen LogP contribution in [-0.2, 0) is 14.3 Å². The molecule has 0 saturated carbocycles. The van der Waals surface area contributed by atoms with Gasteiger partial charge in [-0.15, -0.1) is 0 Å². The first-order valence-corrected chi connectivity index (χ1v) is 8.79. The lowest BCUT2D eigenvalue weighted by atomic mass is 10.1. The molecule has 1 N–H and O–H groups in total. The largest absolute Gasteiger partial charge is 0.486 e. The summed E-state index contributed by atoms with van der Waals surface area (Å²) in [5.74, 6) is -0.177. The lowest BCUT2D eigenvalue weighted by molar-refractivity contribution is -0.153. The number of rotatable bonds is 7. The molecule has 1 aromatic carbocycles. The van der Waals surface area contributed by atoms with E-state index in [1.165, 1.54) is 6.92 Å². The van der Waals surface area contributed by atoms with Gasteiger partial charge >= 0.3 is 5.97 Å². The number of ketones is 1. The Morgan fingerprint density at radius 1 is 1.14 bits per heavy atom. The normalized spacial score (nSPS) is 13.5. The average molecular weight is 388 g/mol. The van der Waals surface area contributed by atoms with Gasteiger partial charge in [0, 0.05) is 18.1 Å². The Morgan fingerprint density at radius 2 is 1.89 bits per heavy atom. The van der Waals surface area contributed by atoms with Crippen molar-refractivity contribution in [1.82, 2.24) is 5.16 Å². The van der Waals surface area contributed by atoms with Crippen LogP contribution in [0.1, 0.15) is 35.8 Å². The van der Waals surface area contributed by atoms with Gasteiger partial charge in [0.05, 0.1) is 12.1 Å². The van der Waals surface area contributed by atoms with E-state index in [2.05, 4.69) is 10.5 Å². The minimum absolute atomic E-state index is 0.0475. The summed E-state index contributed by atoms with van der Waals surface area (Å²) in [6.45, 7) is 4.03. The van der Waals surface area contributed by atoms with Crippen LogP contribution in [0.15, 0.2) is 28.8 Å². The van der Waals surface area contributed by atoms with Crippen molar-refractivity contribution in [2.45, 2.75) is 32.8 Å². The second kappa shape index (κ2) is 8.55. The third-order valence-corrected chi connectivity index (χ3v) is 3.97. The Bertz CT molecular complexity index is 890. The van der Waals surface area contributed by atoms with Crippen molar-refractivity contribution in [2.24, 2.45) is 0 Å². The van der Waals surface area contributed by atoms with E-state index in [0.717, 1.165) is 0 Å². The van der Waals surface area contributed by atoms with E-state index in [9.17, 15) is 14.4 Å². The Labute approximate surface area is 160 Å². The molecular weight excluding hydrogens is 368 g/mol. The van der Waals surface area contributed by atoms with Gasteiger partial charge < -0.3 is 18.7 Å². The lowest BCUT2D eigenvalue weighted by Crippen LogP contribution is -2.30. The molecule has 1 amide bonds. The number of benzene rings is 1. The third-order valence-electron chi connectivity index (χ3n) is 3.97. The van der Waals surface area contributed by atoms with Gasteiger partial charge in [-0.3, -0.25) is 19.7 Å². The minimum atomic E-state index is -1.04. The summed E-state index contributed by atoms with van der Waals surface area (Å²) in [5.41, 5.74) is 1.03. The lowest BCUT2D eigenvalue weighted by Gasteiger charge is -2.18. The van der Waals surface area contributed by atoms with E-state index in [-0.39, 0.29) is 24.5 Å². The molecule has 0 aliphatic carbocycles. The predicted octanol–water partition coefficient (Wildman–Crippen LogP) is 2.29. The van der Waals surface area contributed by atoms with Gasteiger partial charge in [-0.2, -0.15) is 0 Å². The fourth-order valence-electron chi connectivity index (χ4n) is 2.53. The Kier molecular flexibility index (Phi) is 5.93. The fourth-order valence-corrected chi connectivity index (χ4v) is 2.53. The molecule has 3 rings (SSSR count).